The summed E-state index contributed by atoms with van der Waals surface area (Å²) in [7, 11) is 1.53. The molecule has 1 fully saturated rings. The molecule has 0 spiro atoms. The van der Waals surface area contributed by atoms with Crippen LogP contribution in [0.2, 0.25) is 0 Å². The molecular weight excluding hydrogens is 560 g/mol. The summed E-state index contributed by atoms with van der Waals surface area (Å²) in [6.45, 7) is 2.47. The number of methoxy groups -OCH3 is 1. The van der Waals surface area contributed by atoms with Gasteiger partial charge in [-0.1, -0.05) is 43.3 Å². The zero-order valence-corrected chi connectivity index (χ0v) is 24.8. The highest BCUT2D eigenvalue weighted by atomic mass is 16.5. The third-order valence-corrected chi connectivity index (χ3v) is 8.86. The van der Waals surface area contributed by atoms with E-state index in [1.54, 1.807) is 53.1 Å². The van der Waals surface area contributed by atoms with E-state index in [-0.39, 0.29) is 37.1 Å². The van der Waals surface area contributed by atoms with Crippen LogP contribution in [-0.4, -0.2) is 63.0 Å². The highest BCUT2D eigenvalue weighted by Gasteiger charge is 2.52. The molecular formula is C34H36N4O6. The van der Waals surface area contributed by atoms with E-state index in [1.165, 1.54) is 11.8 Å². The van der Waals surface area contributed by atoms with Crippen LogP contribution >= 0.6 is 0 Å². The minimum Gasteiger partial charge on any atom is -0.497 e. The molecule has 2 aliphatic rings. The summed E-state index contributed by atoms with van der Waals surface area (Å²) in [6.07, 6.45) is 5.15. The number of rotatable bonds is 9. The Kier molecular flexibility index (Phi) is 7.87. The first-order chi connectivity index (χ1) is 21.3. The van der Waals surface area contributed by atoms with Crippen molar-refractivity contribution in [3.8, 4) is 11.4 Å². The molecule has 1 saturated heterocycles. The molecule has 1 aromatic heterocycles. The van der Waals surface area contributed by atoms with Gasteiger partial charge < -0.3 is 24.7 Å². The van der Waals surface area contributed by atoms with Crippen molar-refractivity contribution in [1.29, 1.82) is 0 Å². The summed E-state index contributed by atoms with van der Waals surface area (Å²) in [4.78, 5) is 43.2. The molecule has 3 aromatic carbocycles. The number of amides is 2. The number of aliphatic hydroxyl groups is 2. The summed E-state index contributed by atoms with van der Waals surface area (Å²) < 4.78 is 6.91. The summed E-state index contributed by atoms with van der Waals surface area (Å²) in [5.41, 5.74) is 1.05. The summed E-state index contributed by atoms with van der Waals surface area (Å²) in [5, 5.41) is 25.4. The number of benzene rings is 3. The Balaban J connectivity index is 1.27. The van der Waals surface area contributed by atoms with Crippen molar-refractivity contribution < 1.29 is 24.5 Å². The average Bonchev–Trinajstić information content (AvgIpc) is 3.72. The Morgan fingerprint density at radius 1 is 1.14 bits per heavy atom. The van der Waals surface area contributed by atoms with Crippen molar-refractivity contribution in [2.24, 2.45) is 5.92 Å². The molecule has 2 amide bonds. The fourth-order valence-electron chi connectivity index (χ4n) is 6.41. The maximum Gasteiger partial charge on any atom is 0.279 e. The second-order valence-electron chi connectivity index (χ2n) is 11.5. The van der Waals surface area contributed by atoms with E-state index in [1.807, 2.05) is 42.5 Å². The number of nitrogens with one attached hydrogen (secondary N) is 1. The molecule has 10 heteroatoms. The van der Waals surface area contributed by atoms with Crippen molar-refractivity contribution in [2.45, 2.75) is 44.4 Å². The molecule has 10 nitrogen and oxygen atoms in total. The smallest absolute Gasteiger partial charge is 0.279 e. The lowest BCUT2D eigenvalue weighted by Gasteiger charge is -2.28. The predicted octanol–water partition coefficient (Wildman–Crippen LogP) is 3.63. The molecule has 0 unspecified atom stereocenters. The molecule has 4 aromatic rings. The first-order valence-corrected chi connectivity index (χ1v) is 14.8. The average molecular weight is 597 g/mol. The van der Waals surface area contributed by atoms with E-state index in [4.69, 9.17) is 4.74 Å². The van der Waals surface area contributed by atoms with Gasteiger partial charge in [0.2, 0.25) is 5.91 Å². The van der Waals surface area contributed by atoms with Gasteiger partial charge in [0.15, 0.2) is 5.60 Å². The van der Waals surface area contributed by atoms with E-state index in [9.17, 15) is 24.6 Å². The van der Waals surface area contributed by atoms with Crippen LogP contribution in [-0.2, 0) is 21.7 Å². The quantitative estimate of drug-likeness (QED) is 0.253. The number of ether oxygens (including phenoxy) is 1. The summed E-state index contributed by atoms with van der Waals surface area (Å²) >= 11 is 0. The standard InChI is InChI=1S/C34H36N4O6/c1-22(8-5-14-31(40)36-17-7-11-25(36)21-39)34(43)28-19-26(44-2)15-16-30(28)37(33(34)42)20-23-9-6-10-24(18-23)38-32(41)27-12-3-4-13-29(27)35-38/h3-6,8-10,12-13,15-16,18-19,22,25,35,39,43H,7,11,14,17,20-21H2,1-2H3/b8-5+/t22-,25-,34+/m0/s1. The highest BCUT2D eigenvalue weighted by molar-refractivity contribution is 6.07. The second-order valence-corrected chi connectivity index (χ2v) is 11.5. The number of hydrogen-bond donors (Lipinski definition) is 3. The topological polar surface area (TPSA) is 128 Å². The van der Waals surface area contributed by atoms with Gasteiger partial charge in [-0.2, -0.15) is 0 Å². The third kappa shape index (κ3) is 4.99. The Hall–Kier alpha value is -4.67. The van der Waals surface area contributed by atoms with Crippen LogP contribution in [0.5, 0.6) is 5.75 Å². The van der Waals surface area contributed by atoms with Crippen molar-refractivity contribution in [3.63, 3.8) is 0 Å². The van der Waals surface area contributed by atoms with Gasteiger partial charge in [-0.3, -0.25) is 19.5 Å². The number of para-hydroxylation sites is 1. The van der Waals surface area contributed by atoms with Crippen LogP contribution < -0.4 is 15.2 Å². The zero-order valence-electron chi connectivity index (χ0n) is 24.8. The van der Waals surface area contributed by atoms with E-state index >= 15 is 0 Å². The first kappa shape index (κ1) is 29.4. The van der Waals surface area contributed by atoms with Gasteiger partial charge in [0.25, 0.3) is 11.5 Å². The molecule has 0 saturated carbocycles. The Labute approximate surface area is 254 Å². The van der Waals surface area contributed by atoms with Crippen LogP contribution in [0, 0.1) is 5.92 Å². The minimum atomic E-state index is -1.89. The number of aromatic amines is 1. The molecule has 6 rings (SSSR count). The lowest BCUT2D eigenvalue weighted by atomic mass is 9.83. The van der Waals surface area contributed by atoms with Crippen LogP contribution in [0.4, 0.5) is 5.69 Å². The molecule has 3 N–H and O–H groups in total. The van der Waals surface area contributed by atoms with Gasteiger partial charge >= 0.3 is 0 Å². The number of carbonyl (C=O) groups is 2. The molecule has 2 aliphatic heterocycles. The molecule has 228 valence electrons. The van der Waals surface area contributed by atoms with E-state index in [2.05, 4.69) is 5.10 Å². The van der Waals surface area contributed by atoms with E-state index < -0.39 is 17.4 Å². The first-order valence-electron chi connectivity index (χ1n) is 14.8. The van der Waals surface area contributed by atoms with Crippen LogP contribution in [0.1, 0.15) is 37.3 Å². The SMILES string of the molecule is COc1ccc2c(c1)[C@](O)([C@@H](C)/C=C/CC(=O)N1CCC[C@H]1CO)C(=O)N2Cc1cccc(-n2[nH]c3ccccc3c2=O)c1. The monoisotopic (exact) mass is 596 g/mol. The normalized spacial score (nSPS) is 20.5. The number of aromatic nitrogens is 2. The predicted molar refractivity (Wildman–Crippen MR) is 167 cm³/mol. The molecule has 3 atom stereocenters. The number of hydrogen-bond acceptors (Lipinski definition) is 6. The largest absolute Gasteiger partial charge is 0.497 e. The number of H-pyrrole nitrogens is 1. The molecule has 3 heterocycles. The Bertz CT molecular complexity index is 1810. The van der Waals surface area contributed by atoms with E-state index in [0.29, 0.717) is 34.6 Å². The maximum absolute atomic E-state index is 14.1. The number of likely N-dealkylation sites (tertiary alicyclic amines) is 1. The number of anilines is 1. The lowest BCUT2D eigenvalue weighted by Crippen LogP contribution is -2.44. The summed E-state index contributed by atoms with van der Waals surface area (Å²) in [6, 6.07) is 19.7. The zero-order chi connectivity index (χ0) is 31.0. The number of carbonyl (C=O) groups excluding carboxylic acids is 2. The molecule has 0 bridgehead atoms. The fourth-order valence-corrected chi connectivity index (χ4v) is 6.41. The number of nitrogens with zero attached hydrogens (tertiary/aromatic N) is 3. The van der Waals surface area contributed by atoms with Gasteiger partial charge in [-0.05, 0) is 60.9 Å². The number of fused-ring (bicyclic) bond motifs is 2. The maximum atomic E-state index is 14.1. The van der Waals surface area contributed by atoms with Crippen molar-refractivity contribution in [1.82, 2.24) is 14.7 Å². The fraction of sp³-hybridized carbons (Fsp3) is 0.324. The van der Waals surface area contributed by atoms with Crippen molar-refractivity contribution in [3.05, 3.63) is 100 Å². The second kappa shape index (κ2) is 11.8. The lowest BCUT2D eigenvalue weighted by molar-refractivity contribution is -0.139. The van der Waals surface area contributed by atoms with Crippen molar-refractivity contribution >= 4 is 28.4 Å². The highest BCUT2D eigenvalue weighted by Crippen LogP contribution is 2.47. The van der Waals surface area contributed by atoms with Crippen LogP contribution in [0.3, 0.4) is 0 Å². The van der Waals surface area contributed by atoms with Gasteiger partial charge in [-0.25, -0.2) is 4.68 Å². The van der Waals surface area contributed by atoms with Gasteiger partial charge in [-0.15, -0.1) is 0 Å². The van der Waals surface area contributed by atoms with Crippen LogP contribution in [0.25, 0.3) is 16.6 Å². The summed E-state index contributed by atoms with van der Waals surface area (Å²) in [5.74, 6) is -0.737. The molecule has 0 radical (unpaired) electrons. The van der Waals surface area contributed by atoms with Gasteiger partial charge in [0, 0.05) is 24.4 Å². The van der Waals surface area contributed by atoms with Crippen molar-refractivity contribution in [2.75, 3.05) is 25.2 Å². The van der Waals surface area contributed by atoms with Gasteiger partial charge in [0.1, 0.15) is 5.75 Å². The molecule has 0 aliphatic carbocycles. The Morgan fingerprint density at radius 3 is 2.73 bits per heavy atom. The number of aliphatic hydroxyl groups excluding tert-OH is 1. The van der Waals surface area contributed by atoms with E-state index in [0.717, 1.165) is 23.9 Å². The minimum absolute atomic E-state index is 0.0596. The van der Waals surface area contributed by atoms with Gasteiger partial charge in [0.05, 0.1) is 48.6 Å². The molecule has 44 heavy (non-hydrogen) atoms. The third-order valence-electron chi connectivity index (χ3n) is 8.86. The van der Waals surface area contributed by atoms with Crippen LogP contribution in [0.15, 0.2) is 83.7 Å². The Morgan fingerprint density at radius 2 is 1.95 bits per heavy atom.